The van der Waals surface area contributed by atoms with Gasteiger partial charge in [0, 0.05) is 5.56 Å². The SMILES string of the molecule is Cc1nc(Cl)c(-c2noc(-c3ccc(O)c(OP)c3)n2)c(C)c1Cl. The summed E-state index contributed by atoms with van der Waals surface area (Å²) in [5.74, 6) is 0.803. The largest absolute Gasteiger partial charge is 0.504 e. The Morgan fingerprint density at radius 2 is 1.96 bits per heavy atom. The Kier molecular flexibility index (Phi) is 4.63. The highest BCUT2D eigenvalue weighted by atomic mass is 35.5. The van der Waals surface area contributed by atoms with Gasteiger partial charge in [-0.1, -0.05) is 28.4 Å². The van der Waals surface area contributed by atoms with Gasteiger partial charge >= 0.3 is 0 Å². The van der Waals surface area contributed by atoms with E-state index in [1.165, 1.54) is 6.07 Å². The van der Waals surface area contributed by atoms with Crippen LogP contribution in [0.1, 0.15) is 11.3 Å². The van der Waals surface area contributed by atoms with E-state index in [4.69, 9.17) is 32.2 Å². The molecule has 0 aliphatic carbocycles. The van der Waals surface area contributed by atoms with Gasteiger partial charge in [-0.05, 0) is 37.6 Å². The maximum Gasteiger partial charge on any atom is 0.258 e. The van der Waals surface area contributed by atoms with Crippen LogP contribution in [0.25, 0.3) is 22.8 Å². The monoisotopic (exact) mass is 383 g/mol. The summed E-state index contributed by atoms with van der Waals surface area (Å²) in [6, 6.07) is 4.68. The molecule has 3 rings (SSSR count). The van der Waals surface area contributed by atoms with Gasteiger partial charge in [-0.3, -0.25) is 0 Å². The summed E-state index contributed by atoms with van der Waals surface area (Å²) in [4.78, 5) is 8.53. The van der Waals surface area contributed by atoms with Crippen molar-refractivity contribution >= 4 is 32.7 Å². The van der Waals surface area contributed by atoms with Crippen LogP contribution < -0.4 is 4.52 Å². The summed E-state index contributed by atoms with van der Waals surface area (Å²) in [6.45, 7) is 3.59. The molecule has 0 spiro atoms. The van der Waals surface area contributed by atoms with Crippen molar-refractivity contribution < 1.29 is 14.2 Å². The van der Waals surface area contributed by atoms with Gasteiger partial charge in [0.2, 0.25) is 5.82 Å². The van der Waals surface area contributed by atoms with E-state index in [2.05, 4.69) is 24.6 Å². The highest BCUT2D eigenvalue weighted by Gasteiger charge is 2.20. The first-order valence-electron chi connectivity index (χ1n) is 6.78. The summed E-state index contributed by atoms with van der Waals surface area (Å²) in [5.41, 5.74) is 2.46. The smallest absolute Gasteiger partial charge is 0.258 e. The first-order valence-corrected chi connectivity index (χ1v) is 8.01. The Morgan fingerprint density at radius 3 is 2.67 bits per heavy atom. The molecular weight excluding hydrogens is 372 g/mol. The Bertz CT molecular complexity index is 931. The average molecular weight is 384 g/mol. The molecule has 0 saturated heterocycles. The van der Waals surface area contributed by atoms with Crippen LogP contribution in [0.15, 0.2) is 22.7 Å². The van der Waals surface area contributed by atoms with Crippen LogP contribution in [0.4, 0.5) is 0 Å². The molecule has 24 heavy (non-hydrogen) atoms. The fourth-order valence-electron chi connectivity index (χ4n) is 2.23. The molecule has 6 nitrogen and oxygen atoms in total. The van der Waals surface area contributed by atoms with E-state index in [1.54, 1.807) is 19.1 Å². The topological polar surface area (TPSA) is 81.3 Å². The number of halogens is 2. The van der Waals surface area contributed by atoms with Gasteiger partial charge in [-0.15, -0.1) is 0 Å². The number of phenols is 1. The molecule has 0 aliphatic heterocycles. The zero-order valence-corrected chi connectivity index (χ0v) is 15.3. The number of aromatic hydroxyl groups is 1. The van der Waals surface area contributed by atoms with E-state index < -0.39 is 0 Å². The molecule has 124 valence electrons. The number of aromatic nitrogens is 3. The number of phenolic OH excluding ortho intramolecular Hbond substituents is 1. The number of benzene rings is 1. The standard InChI is InChI=1S/C15H12Cl2N3O3P/c1-6-11(13(17)18-7(2)12(6)16)14-19-15(22-20-14)8-3-4-9(21)10(5-8)23-24/h3-5,21H,24H2,1-2H3. The van der Waals surface area contributed by atoms with Crippen LogP contribution in [-0.4, -0.2) is 20.2 Å². The lowest BCUT2D eigenvalue weighted by Gasteiger charge is -2.07. The molecule has 2 aromatic heterocycles. The van der Waals surface area contributed by atoms with E-state index in [0.29, 0.717) is 21.8 Å². The number of pyridine rings is 1. The van der Waals surface area contributed by atoms with Crippen LogP contribution >= 0.6 is 32.7 Å². The van der Waals surface area contributed by atoms with E-state index in [9.17, 15) is 5.11 Å². The minimum Gasteiger partial charge on any atom is -0.504 e. The Morgan fingerprint density at radius 1 is 1.21 bits per heavy atom. The van der Waals surface area contributed by atoms with Gasteiger partial charge in [-0.25, -0.2) is 4.98 Å². The first kappa shape index (κ1) is 17.0. The molecule has 0 fully saturated rings. The Labute approximate surface area is 150 Å². The molecule has 1 N–H and O–H groups in total. The van der Waals surface area contributed by atoms with Crippen molar-refractivity contribution in [1.82, 2.24) is 15.1 Å². The van der Waals surface area contributed by atoms with Crippen LogP contribution in [0.3, 0.4) is 0 Å². The lowest BCUT2D eigenvalue weighted by molar-refractivity contribution is 0.431. The second-order valence-electron chi connectivity index (χ2n) is 5.03. The van der Waals surface area contributed by atoms with Crippen LogP contribution in [0.2, 0.25) is 10.2 Å². The first-order chi connectivity index (χ1) is 11.4. The van der Waals surface area contributed by atoms with E-state index in [1.807, 2.05) is 6.92 Å². The van der Waals surface area contributed by atoms with Gasteiger partial charge < -0.3 is 14.2 Å². The Balaban J connectivity index is 2.08. The second kappa shape index (κ2) is 6.55. The van der Waals surface area contributed by atoms with Crippen molar-refractivity contribution in [3.8, 4) is 34.3 Å². The minimum absolute atomic E-state index is 0.00175. The van der Waals surface area contributed by atoms with Gasteiger partial charge in [0.15, 0.2) is 11.5 Å². The van der Waals surface area contributed by atoms with Gasteiger partial charge in [0.25, 0.3) is 5.89 Å². The molecule has 0 radical (unpaired) electrons. The summed E-state index contributed by atoms with van der Waals surface area (Å²) >= 11 is 12.4. The minimum atomic E-state index is 0.00175. The normalized spacial score (nSPS) is 10.9. The van der Waals surface area contributed by atoms with E-state index in [0.717, 1.165) is 5.56 Å². The molecule has 0 saturated carbocycles. The highest BCUT2D eigenvalue weighted by molar-refractivity contribution is 7.10. The average Bonchev–Trinajstić information content (AvgIpc) is 3.03. The molecule has 9 heteroatoms. The predicted molar refractivity (Wildman–Crippen MR) is 94.5 cm³/mol. The molecule has 0 bridgehead atoms. The lowest BCUT2D eigenvalue weighted by Crippen LogP contribution is -1.95. The van der Waals surface area contributed by atoms with Crippen molar-refractivity contribution in [3.05, 3.63) is 39.6 Å². The second-order valence-corrected chi connectivity index (χ2v) is 6.00. The number of hydrogen-bond acceptors (Lipinski definition) is 6. The van der Waals surface area contributed by atoms with Crippen molar-refractivity contribution in [2.24, 2.45) is 0 Å². The number of hydrogen-bond donors (Lipinski definition) is 1. The number of nitrogens with zero attached hydrogens (tertiary/aromatic N) is 3. The van der Waals surface area contributed by atoms with Crippen LogP contribution in [0, 0.1) is 13.8 Å². The number of aryl methyl sites for hydroxylation is 1. The summed E-state index contributed by atoms with van der Waals surface area (Å²) in [7, 11) is 2.07. The Hall–Kier alpha value is -1.88. The summed E-state index contributed by atoms with van der Waals surface area (Å²) < 4.78 is 10.3. The predicted octanol–water partition coefficient (Wildman–Crippen LogP) is 4.60. The summed E-state index contributed by atoms with van der Waals surface area (Å²) in [5, 5.41) is 14.4. The molecule has 1 unspecified atom stereocenters. The van der Waals surface area contributed by atoms with Crippen molar-refractivity contribution in [2.45, 2.75) is 13.8 Å². The van der Waals surface area contributed by atoms with E-state index in [-0.39, 0.29) is 28.4 Å². The van der Waals surface area contributed by atoms with Gasteiger partial charge in [-0.2, -0.15) is 4.98 Å². The summed E-state index contributed by atoms with van der Waals surface area (Å²) in [6.07, 6.45) is 0. The molecule has 3 aromatic rings. The quantitative estimate of drug-likeness (QED) is 0.525. The third-order valence-corrected chi connectivity index (χ3v) is 4.56. The van der Waals surface area contributed by atoms with Crippen molar-refractivity contribution in [2.75, 3.05) is 0 Å². The maximum atomic E-state index is 9.65. The molecule has 1 atom stereocenters. The zero-order valence-electron chi connectivity index (χ0n) is 12.7. The van der Waals surface area contributed by atoms with Gasteiger partial charge in [0.1, 0.15) is 5.15 Å². The van der Waals surface area contributed by atoms with Gasteiger partial charge in [0.05, 0.1) is 25.7 Å². The highest BCUT2D eigenvalue weighted by Crippen LogP contribution is 2.36. The molecule has 0 aliphatic rings. The van der Waals surface area contributed by atoms with Crippen LogP contribution in [-0.2, 0) is 0 Å². The zero-order chi connectivity index (χ0) is 17.4. The van der Waals surface area contributed by atoms with Crippen molar-refractivity contribution in [3.63, 3.8) is 0 Å². The van der Waals surface area contributed by atoms with E-state index >= 15 is 0 Å². The molecular formula is C15H12Cl2N3O3P. The fourth-order valence-corrected chi connectivity index (χ4v) is 2.91. The maximum absolute atomic E-state index is 9.65. The third kappa shape index (κ3) is 2.93. The third-order valence-electron chi connectivity index (χ3n) is 3.48. The van der Waals surface area contributed by atoms with Crippen molar-refractivity contribution in [1.29, 1.82) is 0 Å². The van der Waals surface area contributed by atoms with Crippen LogP contribution in [0.5, 0.6) is 11.5 Å². The lowest BCUT2D eigenvalue weighted by atomic mass is 10.1. The number of rotatable bonds is 3. The fraction of sp³-hybridized carbons (Fsp3) is 0.133. The molecule has 2 heterocycles. The molecule has 0 amide bonds. The molecule has 1 aromatic carbocycles.